The molecule has 0 amide bonds. The highest BCUT2D eigenvalue weighted by atomic mass is 32.1. The fourth-order valence-corrected chi connectivity index (χ4v) is 0.992. The SMILES string of the molecule is O=C(O)CNCc1cnsn1. The Bertz CT molecular complexity index is 224. The molecule has 0 aliphatic heterocycles. The van der Waals surface area contributed by atoms with Crippen LogP contribution in [0.2, 0.25) is 0 Å². The lowest BCUT2D eigenvalue weighted by Crippen LogP contribution is -2.21. The van der Waals surface area contributed by atoms with Crippen molar-refractivity contribution < 1.29 is 9.90 Å². The zero-order valence-electron chi connectivity index (χ0n) is 5.65. The van der Waals surface area contributed by atoms with Crippen LogP contribution in [-0.2, 0) is 11.3 Å². The average molecular weight is 173 g/mol. The summed E-state index contributed by atoms with van der Waals surface area (Å²) in [6, 6.07) is 0. The third kappa shape index (κ3) is 3.06. The second-order valence-corrected chi connectivity index (χ2v) is 2.45. The third-order valence-electron chi connectivity index (χ3n) is 0.989. The molecule has 5 nitrogen and oxygen atoms in total. The van der Waals surface area contributed by atoms with Gasteiger partial charge >= 0.3 is 5.97 Å². The van der Waals surface area contributed by atoms with Crippen LogP contribution in [-0.4, -0.2) is 26.4 Å². The smallest absolute Gasteiger partial charge is 0.317 e. The maximum atomic E-state index is 10.0. The van der Waals surface area contributed by atoms with Crippen LogP contribution in [0.15, 0.2) is 6.20 Å². The highest BCUT2D eigenvalue weighted by Crippen LogP contribution is 1.92. The van der Waals surface area contributed by atoms with Crippen molar-refractivity contribution in [3.8, 4) is 0 Å². The predicted molar refractivity (Wildman–Crippen MR) is 39.3 cm³/mol. The highest BCUT2D eigenvalue weighted by molar-refractivity contribution is 6.99. The number of carboxylic acid groups (broad SMARTS) is 1. The van der Waals surface area contributed by atoms with E-state index in [9.17, 15) is 4.79 Å². The summed E-state index contributed by atoms with van der Waals surface area (Å²) in [6.07, 6.45) is 1.61. The van der Waals surface area contributed by atoms with Crippen molar-refractivity contribution in [2.45, 2.75) is 6.54 Å². The normalized spacial score (nSPS) is 9.82. The fourth-order valence-electron chi connectivity index (χ4n) is 0.559. The zero-order valence-corrected chi connectivity index (χ0v) is 6.47. The van der Waals surface area contributed by atoms with Crippen LogP contribution in [0.5, 0.6) is 0 Å². The minimum Gasteiger partial charge on any atom is -0.480 e. The predicted octanol–water partition coefficient (Wildman–Crippen LogP) is -0.288. The summed E-state index contributed by atoms with van der Waals surface area (Å²) in [5.41, 5.74) is 0.774. The number of carboxylic acids is 1. The molecule has 0 aromatic carbocycles. The molecular weight excluding hydrogens is 166 g/mol. The van der Waals surface area contributed by atoms with Gasteiger partial charge in [-0.1, -0.05) is 0 Å². The Morgan fingerprint density at radius 1 is 1.82 bits per heavy atom. The molecule has 0 saturated carbocycles. The van der Waals surface area contributed by atoms with Gasteiger partial charge in [-0.05, 0) is 0 Å². The standard InChI is InChI=1S/C5H7N3O2S/c9-5(10)3-6-1-4-2-7-11-8-4/h2,6H,1,3H2,(H,9,10). The second-order valence-electron chi connectivity index (χ2n) is 1.90. The van der Waals surface area contributed by atoms with Gasteiger partial charge in [-0.25, -0.2) is 0 Å². The summed E-state index contributed by atoms with van der Waals surface area (Å²) >= 11 is 1.11. The quantitative estimate of drug-likeness (QED) is 0.654. The Morgan fingerprint density at radius 3 is 3.18 bits per heavy atom. The first-order valence-electron chi connectivity index (χ1n) is 2.98. The Kier molecular flexibility index (Phi) is 2.94. The molecule has 0 spiro atoms. The molecule has 6 heteroatoms. The molecular formula is C5H7N3O2S. The minimum atomic E-state index is -0.867. The lowest BCUT2D eigenvalue weighted by molar-refractivity contribution is -0.135. The maximum Gasteiger partial charge on any atom is 0.317 e. The van der Waals surface area contributed by atoms with Crippen LogP contribution in [0.25, 0.3) is 0 Å². The molecule has 0 bridgehead atoms. The Morgan fingerprint density at radius 2 is 2.64 bits per heavy atom. The van der Waals surface area contributed by atoms with Crippen molar-refractivity contribution in [1.82, 2.24) is 14.1 Å². The van der Waals surface area contributed by atoms with E-state index in [4.69, 9.17) is 5.11 Å². The van der Waals surface area contributed by atoms with E-state index >= 15 is 0 Å². The first kappa shape index (κ1) is 8.09. The lowest BCUT2D eigenvalue weighted by Gasteiger charge is -1.95. The lowest BCUT2D eigenvalue weighted by atomic mass is 10.5. The second kappa shape index (κ2) is 3.99. The van der Waals surface area contributed by atoms with Gasteiger partial charge in [-0.15, -0.1) is 0 Å². The molecule has 1 heterocycles. The monoisotopic (exact) mass is 173 g/mol. The van der Waals surface area contributed by atoms with E-state index in [-0.39, 0.29) is 6.54 Å². The first-order chi connectivity index (χ1) is 5.29. The van der Waals surface area contributed by atoms with Crippen molar-refractivity contribution in [2.75, 3.05) is 6.54 Å². The topological polar surface area (TPSA) is 75.1 Å². The van der Waals surface area contributed by atoms with Crippen molar-refractivity contribution in [3.63, 3.8) is 0 Å². The molecule has 0 aliphatic rings. The number of aliphatic carboxylic acids is 1. The van der Waals surface area contributed by atoms with E-state index in [0.29, 0.717) is 6.54 Å². The number of nitrogens with zero attached hydrogens (tertiary/aromatic N) is 2. The van der Waals surface area contributed by atoms with E-state index in [1.807, 2.05) is 0 Å². The van der Waals surface area contributed by atoms with Gasteiger partial charge in [0.2, 0.25) is 0 Å². The molecule has 0 aliphatic carbocycles. The fraction of sp³-hybridized carbons (Fsp3) is 0.400. The molecule has 1 aromatic heterocycles. The minimum absolute atomic E-state index is 0.0441. The highest BCUT2D eigenvalue weighted by Gasteiger charge is 1.97. The van der Waals surface area contributed by atoms with Gasteiger partial charge in [0.1, 0.15) is 0 Å². The molecule has 60 valence electrons. The summed E-state index contributed by atoms with van der Waals surface area (Å²) in [7, 11) is 0. The van der Waals surface area contributed by atoms with E-state index < -0.39 is 5.97 Å². The van der Waals surface area contributed by atoms with Gasteiger partial charge in [0, 0.05) is 6.54 Å². The molecule has 0 radical (unpaired) electrons. The third-order valence-corrected chi connectivity index (χ3v) is 1.51. The van der Waals surface area contributed by atoms with Crippen LogP contribution in [0.1, 0.15) is 5.69 Å². The van der Waals surface area contributed by atoms with Gasteiger partial charge in [0.15, 0.2) is 0 Å². The number of nitrogens with one attached hydrogen (secondary N) is 1. The van der Waals surface area contributed by atoms with Crippen LogP contribution in [0.4, 0.5) is 0 Å². The number of carbonyl (C=O) groups is 1. The first-order valence-corrected chi connectivity index (χ1v) is 3.71. The Labute approximate surface area is 67.4 Å². The van der Waals surface area contributed by atoms with Gasteiger partial charge in [-0.2, -0.15) is 8.75 Å². The molecule has 0 unspecified atom stereocenters. The summed E-state index contributed by atoms with van der Waals surface area (Å²) < 4.78 is 7.65. The van der Waals surface area contributed by atoms with Crippen molar-refractivity contribution >= 4 is 17.7 Å². The number of aromatic nitrogens is 2. The van der Waals surface area contributed by atoms with Crippen LogP contribution in [0.3, 0.4) is 0 Å². The van der Waals surface area contributed by atoms with Gasteiger partial charge in [0.05, 0.1) is 30.2 Å². The number of hydrogen-bond donors (Lipinski definition) is 2. The molecule has 1 aromatic rings. The van der Waals surface area contributed by atoms with Crippen molar-refractivity contribution in [3.05, 3.63) is 11.9 Å². The van der Waals surface area contributed by atoms with Crippen LogP contribution >= 0.6 is 11.7 Å². The van der Waals surface area contributed by atoms with E-state index in [0.717, 1.165) is 17.4 Å². The van der Waals surface area contributed by atoms with Crippen LogP contribution in [0, 0.1) is 0 Å². The number of hydrogen-bond acceptors (Lipinski definition) is 5. The Balaban J connectivity index is 2.19. The molecule has 11 heavy (non-hydrogen) atoms. The molecule has 0 atom stereocenters. The Hall–Kier alpha value is -1.01. The van der Waals surface area contributed by atoms with Gasteiger partial charge in [0.25, 0.3) is 0 Å². The maximum absolute atomic E-state index is 10.0. The molecule has 0 saturated heterocycles. The number of rotatable bonds is 4. The van der Waals surface area contributed by atoms with E-state index in [2.05, 4.69) is 14.1 Å². The van der Waals surface area contributed by atoms with Crippen LogP contribution < -0.4 is 5.32 Å². The summed E-state index contributed by atoms with van der Waals surface area (Å²) in [4.78, 5) is 10.0. The van der Waals surface area contributed by atoms with Gasteiger partial charge < -0.3 is 10.4 Å². The summed E-state index contributed by atoms with van der Waals surface area (Å²) in [6.45, 7) is 0.417. The van der Waals surface area contributed by atoms with Gasteiger partial charge in [-0.3, -0.25) is 4.79 Å². The zero-order chi connectivity index (χ0) is 8.10. The molecule has 2 N–H and O–H groups in total. The van der Waals surface area contributed by atoms with Crippen molar-refractivity contribution in [1.29, 1.82) is 0 Å². The summed E-state index contributed by atoms with van der Waals surface area (Å²) in [5, 5.41) is 10.9. The largest absolute Gasteiger partial charge is 0.480 e. The van der Waals surface area contributed by atoms with E-state index in [1.165, 1.54) is 0 Å². The molecule has 1 rings (SSSR count). The summed E-state index contributed by atoms with van der Waals surface area (Å²) in [5.74, 6) is -0.867. The van der Waals surface area contributed by atoms with E-state index in [1.54, 1.807) is 6.20 Å². The average Bonchev–Trinajstić information content (AvgIpc) is 2.39. The molecule has 0 fully saturated rings. The van der Waals surface area contributed by atoms with Crippen molar-refractivity contribution in [2.24, 2.45) is 0 Å².